The summed E-state index contributed by atoms with van der Waals surface area (Å²) in [6, 6.07) is 10.0. The molecule has 0 unspecified atom stereocenters. The molecule has 0 spiro atoms. The Bertz CT molecular complexity index is 698. The number of phenolic OH excluding ortho intramolecular Hbond substituents is 2. The monoisotopic (exact) mass is 363 g/mol. The molecule has 3 rings (SSSR count). The second kappa shape index (κ2) is 6.31. The molecule has 118 valence electrons. The van der Waals surface area contributed by atoms with Gasteiger partial charge in [-0.15, -0.1) is 17.0 Å². The molecule has 22 heavy (non-hydrogen) atoms. The second-order valence-electron chi connectivity index (χ2n) is 5.88. The van der Waals surface area contributed by atoms with Gasteiger partial charge in [0.05, 0.1) is 0 Å². The molecule has 0 saturated carbocycles. The minimum Gasteiger partial charge on any atom is -0.504 e. The molecule has 0 aromatic heterocycles. The lowest BCUT2D eigenvalue weighted by Crippen LogP contribution is -2.26. The lowest BCUT2D eigenvalue weighted by Gasteiger charge is -2.34. The van der Waals surface area contributed by atoms with E-state index in [-0.39, 0.29) is 28.5 Å². The van der Waals surface area contributed by atoms with Gasteiger partial charge in [0.2, 0.25) is 0 Å². The Hall–Kier alpha value is -1.52. The molecule has 0 amide bonds. The van der Waals surface area contributed by atoms with Gasteiger partial charge in [-0.25, -0.2) is 0 Å². The van der Waals surface area contributed by atoms with Crippen molar-refractivity contribution in [2.45, 2.75) is 25.8 Å². The molecule has 3 nitrogen and oxygen atoms in total. The SMILES string of the molecule is Br.CCc1cccc2c1[C@H](N(C)C)Cc1ccc(O)c(O)c1-2. The van der Waals surface area contributed by atoms with E-state index in [0.29, 0.717) is 6.04 Å². The van der Waals surface area contributed by atoms with Crippen LogP contribution in [-0.4, -0.2) is 29.2 Å². The van der Waals surface area contributed by atoms with Gasteiger partial charge in [-0.3, -0.25) is 0 Å². The van der Waals surface area contributed by atoms with E-state index < -0.39 is 0 Å². The fraction of sp³-hybridized carbons (Fsp3) is 0.333. The molecule has 0 aliphatic heterocycles. The van der Waals surface area contributed by atoms with Gasteiger partial charge in [0, 0.05) is 11.6 Å². The fourth-order valence-electron chi connectivity index (χ4n) is 3.38. The number of nitrogens with zero attached hydrogens (tertiary/aromatic N) is 1. The van der Waals surface area contributed by atoms with Crippen molar-refractivity contribution in [2.75, 3.05) is 14.1 Å². The highest BCUT2D eigenvalue weighted by Gasteiger charge is 2.30. The molecule has 4 heteroatoms. The average molecular weight is 364 g/mol. The van der Waals surface area contributed by atoms with Gasteiger partial charge in [-0.1, -0.05) is 31.2 Å². The fourth-order valence-corrected chi connectivity index (χ4v) is 3.38. The van der Waals surface area contributed by atoms with E-state index in [0.717, 1.165) is 29.5 Å². The normalized spacial score (nSPS) is 15.9. The summed E-state index contributed by atoms with van der Waals surface area (Å²) in [4.78, 5) is 2.23. The molecule has 0 saturated heterocycles. The van der Waals surface area contributed by atoms with Crippen LogP contribution >= 0.6 is 17.0 Å². The van der Waals surface area contributed by atoms with Crippen molar-refractivity contribution in [1.82, 2.24) is 4.90 Å². The standard InChI is InChI=1S/C18H21NO2.BrH/c1-4-11-6-5-7-13-16(11)14(19(2)3)10-12-8-9-15(20)18(21)17(12)13;/h5-9,14,20-21H,4,10H2,1-3H3;1H/t14-;/m1./s1. The number of fused-ring (bicyclic) bond motifs is 3. The third kappa shape index (κ3) is 2.50. The number of phenols is 2. The zero-order valence-corrected chi connectivity index (χ0v) is 14.8. The number of likely N-dealkylation sites (N-methyl/N-ethyl adjacent to an activating group) is 1. The zero-order valence-electron chi connectivity index (χ0n) is 13.1. The summed E-state index contributed by atoms with van der Waals surface area (Å²) in [5.41, 5.74) is 5.50. The Balaban J connectivity index is 0.00000176. The van der Waals surface area contributed by atoms with Gasteiger partial charge in [0.15, 0.2) is 11.5 Å². The zero-order chi connectivity index (χ0) is 15.1. The Kier molecular flexibility index (Phi) is 4.83. The number of rotatable bonds is 2. The minimum atomic E-state index is -0.0510. The lowest BCUT2D eigenvalue weighted by atomic mass is 9.79. The highest BCUT2D eigenvalue weighted by Crippen LogP contribution is 2.48. The van der Waals surface area contributed by atoms with E-state index in [1.54, 1.807) is 6.07 Å². The Morgan fingerprint density at radius 1 is 1.14 bits per heavy atom. The van der Waals surface area contributed by atoms with Crippen molar-refractivity contribution in [3.8, 4) is 22.6 Å². The van der Waals surface area contributed by atoms with Crippen molar-refractivity contribution >= 4 is 17.0 Å². The first kappa shape index (κ1) is 16.8. The molecular formula is C18H22BrNO2. The van der Waals surface area contributed by atoms with E-state index in [9.17, 15) is 10.2 Å². The van der Waals surface area contributed by atoms with E-state index in [1.807, 2.05) is 18.2 Å². The molecule has 0 radical (unpaired) electrons. The molecule has 1 aliphatic carbocycles. The Labute approximate surface area is 142 Å². The van der Waals surface area contributed by atoms with Crippen molar-refractivity contribution in [1.29, 1.82) is 0 Å². The molecule has 2 N–H and O–H groups in total. The maximum Gasteiger partial charge on any atom is 0.165 e. The topological polar surface area (TPSA) is 43.7 Å². The molecule has 2 aromatic rings. The largest absolute Gasteiger partial charge is 0.504 e. The molecule has 1 aliphatic rings. The number of benzene rings is 2. The summed E-state index contributed by atoms with van der Waals surface area (Å²) in [6.07, 6.45) is 1.81. The number of hydrogen-bond donors (Lipinski definition) is 2. The predicted molar refractivity (Wildman–Crippen MR) is 95.0 cm³/mol. The maximum absolute atomic E-state index is 10.3. The van der Waals surface area contributed by atoms with Crippen LogP contribution in [0.25, 0.3) is 11.1 Å². The van der Waals surface area contributed by atoms with Crippen molar-refractivity contribution in [2.24, 2.45) is 0 Å². The summed E-state index contributed by atoms with van der Waals surface area (Å²) >= 11 is 0. The first-order valence-electron chi connectivity index (χ1n) is 7.37. The van der Waals surface area contributed by atoms with Gasteiger partial charge in [-0.2, -0.15) is 0 Å². The van der Waals surface area contributed by atoms with Crippen LogP contribution < -0.4 is 0 Å². The van der Waals surface area contributed by atoms with E-state index in [4.69, 9.17) is 0 Å². The first-order chi connectivity index (χ1) is 10.0. The second-order valence-corrected chi connectivity index (χ2v) is 5.88. The van der Waals surface area contributed by atoms with Gasteiger partial charge in [0.25, 0.3) is 0 Å². The van der Waals surface area contributed by atoms with Crippen LogP contribution in [0.2, 0.25) is 0 Å². The van der Waals surface area contributed by atoms with Crippen LogP contribution in [0.5, 0.6) is 11.5 Å². The number of aryl methyl sites for hydroxylation is 1. The summed E-state index contributed by atoms with van der Waals surface area (Å²) in [5, 5.41) is 20.2. The highest BCUT2D eigenvalue weighted by molar-refractivity contribution is 8.93. The Morgan fingerprint density at radius 2 is 1.86 bits per heavy atom. The lowest BCUT2D eigenvalue weighted by molar-refractivity contribution is 0.294. The van der Waals surface area contributed by atoms with Crippen molar-refractivity contribution < 1.29 is 10.2 Å². The highest BCUT2D eigenvalue weighted by atomic mass is 79.9. The van der Waals surface area contributed by atoms with Crippen LogP contribution in [-0.2, 0) is 12.8 Å². The van der Waals surface area contributed by atoms with Crippen LogP contribution in [0.15, 0.2) is 30.3 Å². The third-order valence-electron chi connectivity index (χ3n) is 4.46. The van der Waals surface area contributed by atoms with Crippen molar-refractivity contribution in [3.63, 3.8) is 0 Å². The minimum absolute atomic E-state index is 0. The summed E-state index contributed by atoms with van der Waals surface area (Å²) in [6.45, 7) is 2.15. The predicted octanol–water partition coefficient (Wildman–Crippen LogP) is 4.06. The summed E-state index contributed by atoms with van der Waals surface area (Å²) in [5.74, 6) is -0.0517. The van der Waals surface area contributed by atoms with Crippen LogP contribution in [0.4, 0.5) is 0 Å². The molecule has 2 aromatic carbocycles. The van der Waals surface area contributed by atoms with Gasteiger partial charge >= 0.3 is 0 Å². The van der Waals surface area contributed by atoms with Crippen molar-refractivity contribution in [3.05, 3.63) is 47.0 Å². The van der Waals surface area contributed by atoms with E-state index >= 15 is 0 Å². The van der Waals surface area contributed by atoms with E-state index in [2.05, 4.69) is 32.0 Å². The number of halogens is 1. The van der Waals surface area contributed by atoms with E-state index in [1.165, 1.54) is 11.1 Å². The molecule has 1 atom stereocenters. The quantitative estimate of drug-likeness (QED) is 0.790. The maximum atomic E-state index is 10.3. The van der Waals surface area contributed by atoms with Gasteiger partial charge < -0.3 is 15.1 Å². The van der Waals surface area contributed by atoms with Gasteiger partial charge in [0.1, 0.15) is 0 Å². The smallest absolute Gasteiger partial charge is 0.165 e. The van der Waals surface area contributed by atoms with Crippen LogP contribution in [0.3, 0.4) is 0 Å². The van der Waals surface area contributed by atoms with Gasteiger partial charge in [-0.05, 0) is 55.3 Å². The third-order valence-corrected chi connectivity index (χ3v) is 4.46. The molecule has 0 fully saturated rings. The average Bonchev–Trinajstić information content (AvgIpc) is 2.48. The number of aromatic hydroxyl groups is 2. The molecule has 0 heterocycles. The Morgan fingerprint density at radius 3 is 2.50 bits per heavy atom. The molecular weight excluding hydrogens is 342 g/mol. The number of hydrogen-bond acceptors (Lipinski definition) is 3. The first-order valence-corrected chi connectivity index (χ1v) is 7.37. The summed E-state index contributed by atoms with van der Waals surface area (Å²) in [7, 11) is 4.18. The van der Waals surface area contributed by atoms with Crippen LogP contribution in [0.1, 0.15) is 29.7 Å². The molecule has 0 bridgehead atoms. The van der Waals surface area contributed by atoms with Crippen LogP contribution in [0, 0.1) is 0 Å². The summed E-state index contributed by atoms with van der Waals surface area (Å²) < 4.78 is 0.